The Kier molecular flexibility index (Phi) is 3.75. The zero-order valence-corrected chi connectivity index (χ0v) is 13.9. The van der Waals surface area contributed by atoms with Crippen LogP contribution in [0.3, 0.4) is 0 Å². The standard InChI is InChI=1S/C19H25NO2/c1-13-9-10-14-12-20(18(21)22-19(2,3)4)17-8-6-5-7-15(17)16(14)11-13/h5,7,9-11,15,17H,6,8,12H2,1-4H3/t15-,17-/m0/s1. The van der Waals surface area contributed by atoms with Gasteiger partial charge in [0.1, 0.15) is 5.60 Å². The summed E-state index contributed by atoms with van der Waals surface area (Å²) in [6.07, 6.45) is 6.36. The normalized spacial score (nSPS) is 23.7. The van der Waals surface area contributed by atoms with Crippen LogP contribution in [0.2, 0.25) is 0 Å². The molecular weight excluding hydrogens is 274 g/mol. The second-order valence-electron chi connectivity index (χ2n) is 7.41. The number of benzene rings is 1. The molecular formula is C19H25NO2. The predicted octanol–water partition coefficient (Wildman–Crippen LogP) is 4.55. The fraction of sp³-hybridized carbons (Fsp3) is 0.526. The SMILES string of the molecule is Cc1ccc2c(c1)[C@@H]1C=CCC[C@@H]1N(C(=O)OC(C)(C)C)C2. The third kappa shape index (κ3) is 2.90. The van der Waals surface area contributed by atoms with E-state index in [2.05, 4.69) is 37.3 Å². The molecule has 3 rings (SSSR count). The molecule has 118 valence electrons. The number of hydrogen-bond acceptors (Lipinski definition) is 2. The fourth-order valence-electron chi connectivity index (χ4n) is 3.47. The van der Waals surface area contributed by atoms with Crippen LogP contribution in [0.25, 0.3) is 0 Å². The summed E-state index contributed by atoms with van der Waals surface area (Å²) in [7, 11) is 0. The number of carbonyl (C=O) groups is 1. The highest BCUT2D eigenvalue weighted by atomic mass is 16.6. The molecule has 0 N–H and O–H groups in total. The number of rotatable bonds is 0. The highest BCUT2D eigenvalue weighted by Crippen LogP contribution is 2.39. The van der Waals surface area contributed by atoms with Crippen molar-refractivity contribution in [2.75, 3.05) is 0 Å². The Balaban J connectivity index is 1.95. The molecule has 1 heterocycles. The van der Waals surface area contributed by atoms with Gasteiger partial charge >= 0.3 is 6.09 Å². The molecule has 0 bridgehead atoms. The van der Waals surface area contributed by atoms with Crippen LogP contribution in [0.1, 0.15) is 56.2 Å². The molecule has 2 atom stereocenters. The first kappa shape index (κ1) is 15.1. The summed E-state index contributed by atoms with van der Waals surface area (Å²) >= 11 is 0. The third-order valence-corrected chi connectivity index (χ3v) is 4.42. The number of ether oxygens (including phenoxy) is 1. The maximum absolute atomic E-state index is 12.6. The Morgan fingerprint density at radius 3 is 2.82 bits per heavy atom. The van der Waals surface area contributed by atoms with E-state index in [1.807, 2.05) is 25.7 Å². The number of amides is 1. The summed E-state index contributed by atoms with van der Waals surface area (Å²) in [5.41, 5.74) is 3.44. The molecule has 1 amide bonds. The van der Waals surface area contributed by atoms with Crippen molar-refractivity contribution in [3.63, 3.8) is 0 Å². The van der Waals surface area contributed by atoms with E-state index in [0.29, 0.717) is 12.5 Å². The van der Waals surface area contributed by atoms with Gasteiger partial charge in [-0.25, -0.2) is 4.79 Å². The van der Waals surface area contributed by atoms with Crippen LogP contribution in [0.15, 0.2) is 30.4 Å². The lowest BCUT2D eigenvalue weighted by Crippen LogP contribution is -2.48. The van der Waals surface area contributed by atoms with Crippen molar-refractivity contribution in [3.05, 3.63) is 47.0 Å². The van der Waals surface area contributed by atoms with E-state index in [4.69, 9.17) is 4.74 Å². The summed E-state index contributed by atoms with van der Waals surface area (Å²) in [5.74, 6) is 0.296. The van der Waals surface area contributed by atoms with Crippen molar-refractivity contribution in [2.45, 2.75) is 64.6 Å². The van der Waals surface area contributed by atoms with Crippen molar-refractivity contribution >= 4 is 6.09 Å². The first-order valence-electron chi connectivity index (χ1n) is 8.11. The van der Waals surface area contributed by atoms with Crippen LogP contribution in [0.4, 0.5) is 4.79 Å². The zero-order valence-electron chi connectivity index (χ0n) is 13.9. The summed E-state index contributed by atoms with van der Waals surface area (Å²) in [4.78, 5) is 14.6. The Bertz CT molecular complexity index is 612. The molecule has 0 radical (unpaired) electrons. The number of nitrogens with zero attached hydrogens (tertiary/aromatic N) is 1. The second kappa shape index (κ2) is 5.45. The Morgan fingerprint density at radius 1 is 1.32 bits per heavy atom. The van der Waals surface area contributed by atoms with Crippen LogP contribution in [-0.2, 0) is 11.3 Å². The van der Waals surface area contributed by atoms with Gasteiger partial charge in [0.25, 0.3) is 0 Å². The molecule has 1 aliphatic carbocycles. The van der Waals surface area contributed by atoms with E-state index in [1.165, 1.54) is 16.7 Å². The van der Waals surface area contributed by atoms with E-state index >= 15 is 0 Å². The summed E-state index contributed by atoms with van der Waals surface area (Å²) in [6, 6.07) is 6.77. The second-order valence-corrected chi connectivity index (χ2v) is 7.41. The molecule has 3 nitrogen and oxygen atoms in total. The Morgan fingerprint density at radius 2 is 2.09 bits per heavy atom. The lowest BCUT2D eigenvalue weighted by molar-refractivity contribution is 0.00863. The zero-order chi connectivity index (χ0) is 15.9. The maximum atomic E-state index is 12.6. The number of carbonyl (C=O) groups excluding carboxylic acids is 1. The predicted molar refractivity (Wildman–Crippen MR) is 87.9 cm³/mol. The van der Waals surface area contributed by atoms with Crippen molar-refractivity contribution in [2.24, 2.45) is 0 Å². The van der Waals surface area contributed by atoms with E-state index in [9.17, 15) is 4.79 Å². The van der Waals surface area contributed by atoms with Gasteiger partial charge < -0.3 is 4.74 Å². The van der Waals surface area contributed by atoms with Crippen LogP contribution in [0, 0.1) is 6.92 Å². The largest absolute Gasteiger partial charge is 0.444 e. The first-order chi connectivity index (χ1) is 10.3. The smallest absolute Gasteiger partial charge is 0.410 e. The van der Waals surface area contributed by atoms with E-state index in [0.717, 1.165) is 12.8 Å². The number of fused-ring (bicyclic) bond motifs is 3. The molecule has 1 aromatic rings. The van der Waals surface area contributed by atoms with Gasteiger partial charge in [-0.15, -0.1) is 0 Å². The van der Waals surface area contributed by atoms with Gasteiger partial charge in [-0.3, -0.25) is 4.90 Å². The molecule has 0 saturated carbocycles. The highest BCUT2D eigenvalue weighted by molar-refractivity contribution is 5.70. The van der Waals surface area contributed by atoms with Crippen molar-refractivity contribution in [1.29, 1.82) is 0 Å². The third-order valence-electron chi connectivity index (χ3n) is 4.42. The summed E-state index contributed by atoms with van der Waals surface area (Å²) in [6.45, 7) is 8.54. The van der Waals surface area contributed by atoms with Gasteiger partial charge in [-0.05, 0) is 51.7 Å². The lowest BCUT2D eigenvalue weighted by Gasteiger charge is -2.43. The Hall–Kier alpha value is -1.77. The van der Waals surface area contributed by atoms with E-state index in [1.54, 1.807) is 0 Å². The lowest BCUT2D eigenvalue weighted by atomic mass is 9.78. The van der Waals surface area contributed by atoms with Crippen LogP contribution >= 0.6 is 0 Å². The van der Waals surface area contributed by atoms with Gasteiger partial charge in [0, 0.05) is 18.5 Å². The van der Waals surface area contributed by atoms with Crippen molar-refractivity contribution in [3.8, 4) is 0 Å². The van der Waals surface area contributed by atoms with Gasteiger partial charge in [0.15, 0.2) is 0 Å². The topological polar surface area (TPSA) is 29.5 Å². The molecule has 0 unspecified atom stereocenters. The molecule has 0 saturated heterocycles. The minimum atomic E-state index is -0.454. The van der Waals surface area contributed by atoms with Crippen LogP contribution < -0.4 is 0 Å². The van der Waals surface area contributed by atoms with Crippen LogP contribution in [0.5, 0.6) is 0 Å². The van der Waals surface area contributed by atoms with Gasteiger partial charge in [-0.2, -0.15) is 0 Å². The van der Waals surface area contributed by atoms with Gasteiger partial charge in [0.05, 0.1) is 0 Å². The van der Waals surface area contributed by atoms with Gasteiger partial charge in [0.2, 0.25) is 0 Å². The molecule has 3 heteroatoms. The molecule has 1 aliphatic heterocycles. The monoisotopic (exact) mass is 299 g/mol. The fourth-order valence-corrected chi connectivity index (χ4v) is 3.47. The summed E-state index contributed by atoms with van der Waals surface area (Å²) < 4.78 is 5.63. The van der Waals surface area contributed by atoms with E-state index < -0.39 is 5.60 Å². The van der Waals surface area contributed by atoms with Crippen LogP contribution in [-0.4, -0.2) is 22.6 Å². The maximum Gasteiger partial charge on any atom is 0.410 e. The van der Waals surface area contributed by atoms with Crippen molar-refractivity contribution < 1.29 is 9.53 Å². The average Bonchev–Trinajstić information content (AvgIpc) is 2.44. The molecule has 0 aromatic heterocycles. The van der Waals surface area contributed by atoms with Crippen molar-refractivity contribution in [1.82, 2.24) is 4.90 Å². The number of aryl methyl sites for hydroxylation is 1. The number of hydrogen-bond donors (Lipinski definition) is 0. The minimum Gasteiger partial charge on any atom is -0.444 e. The first-order valence-corrected chi connectivity index (χ1v) is 8.11. The minimum absolute atomic E-state index is 0.191. The quantitative estimate of drug-likeness (QED) is 0.658. The molecule has 0 spiro atoms. The molecule has 0 fully saturated rings. The molecule has 2 aliphatic rings. The number of allylic oxidation sites excluding steroid dienone is 1. The average molecular weight is 299 g/mol. The molecule has 22 heavy (non-hydrogen) atoms. The molecule has 1 aromatic carbocycles. The van der Waals surface area contributed by atoms with Gasteiger partial charge in [-0.1, -0.05) is 35.9 Å². The van der Waals surface area contributed by atoms with E-state index in [-0.39, 0.29) is 12.1 Å². The Labute approximate surface area is 133 Å². The summed E-state index contributed by atoms with van der Waals surface area (Å²) in [5, 5.41) is 0. The highest BCUT2D eigenvalue weighted by Gasteiger charge is 2.38.